The largest absolute Gasteiger partial charge is 0.345 e. The number of aliphatic imine (C=N–C) groups is 1. The number of nitrogens with one attached hydrogen (secondary N) is 1. The molecule has 0 radical (unpaired) electrons. The third-order valence-electron chi connectivity index (χ3n) is 3.67. The minimum Gasteiger partial charge on any atom is -0.345 e. The number of nitrogens with zero attached hydrogens (tertiary/aromatic N) is 3. The molecule has 0 amide bonds. The summed E-state index contributed by atoms with van der Waals surface area (Å²) in [6.45, 7) is 0. The minimum atomic E-state index is 0.837. The van der Waals surface area contributed by atoms with Crippen molar-refractivity contribution in [1.29, 1.82) is 0 Å². The highest BCUT2D eigenvalue weighted by Crippen LogP contribution is 2.24. The van der Waals surface area contributed by atoms with Crippen molar-refractivity contribution in [3.63, 3.8) is 0 Å². The molecule has 0 aliphatic carbocycles. The van der Waals surface area contributed by atoms with E-state index in [1.807, 2.05) is 60.7 Å². The monoisotopic (exact) mass is 298 g/mol. The summed E-state index contributed by atoms with van der Waals surface area (Å²) in [6.07, 6.45) is 5.26. The van der Waals surface area contributed by atoms with Crippen molar-refractivity contribution in [3.05, 3.63) is 73.1 Å². The maximum atomic E-state index is 4.51. The summed E-state index contributed by atoms with van der Waals surface area (Å²) in [6, 6.07) is 19.9. The summed E-state index contributed by atoms with van der Waals surface area (Å²) < 4.78 is 0. The van der Waals surface area contributed by atoms with E-state index >= 15 is 0 Å². The second kappa shape index (κ2) is 5.85. The van der Waals surface area contributed by atoms with Gasteiger partial charge in [0.1, 0.15) is 0 Å². The molecule has 0 saturated carbocycles. The summed E-state index contributed by atoms with van der Waals surface area (Å²) >= 11 is 0. The molecule has 4 nitrogen and oxygen atoms in total. The molecule has 0 atom stereocenters. The summed E-state index contributed by atoms with van der Waals surface area (Å²) in [5.74, 6) is 0. The predicted octanol–water partition coefficient (Wildman–Crippen LogP) is 4.55. The maximum absolute atomic E-state index is 4.51. The van der Waals surface area contributed by atoms with Gasteiger partial charge in [-0.15, -0.1) is 0 Å². The molecule has 0 unspecified atom stereocenters. The quantitative estimate of drug-likeness (QED) is 0.446. The van der Waals surface area contributed by atoms with Gasteiger partial charge in [0.25, 0.3) is 0 Å². The van der Waals surface area contributed by atoms with Crippen LogP contribution in [-0.4, -0.2) is 16.3 Å². The molecule has 0 spiro atoms. The second-order valence-electron chi connectivity index (χ2n) is 5.14. The maximum Gasteiger partial charge on any atom is 0.0959 e. The Hall–Kier alpha value is -3.27. The van der Waals surface area contributed by atoms with Gasteiger partial charge in [0.05, 0.1) is 28.7 Å². The molecular weight excluding hydrogens is 284 g/mol. The summed E-state index contributed by atoms with van der Waals surface area (Å²) in [5, 5.41) is 5.39. The van der Waals surface area contributed by atoms with E-state index in [1.165, 1.54) is 0 Å². The molecule has 2 aromatic carbocycles. The Labute approximate surface area is 133 Å². The highest BCUT2D eigenvalue weighted by Gasteiger charge is 2.01. The van der Waals surface area contributed by atoms with E-state index in [0.717, 1.165) is 33.2 Å². The highest BCUT2D eigenvalue weighted by molar-refractivity contribution is 5.96. The number of benzene rings is 2. The van der Waals surface area contributed by atoms with Crippen LogP contribution in [0.3, 0.4) is 0 Å². The molecule has 1 N–H and O–H groups in total. The van der Waals surface area contributed by atoms with Crippen molar-refractivity contribution in [2.24, 2.45) is 4.99 Å². The van der Waals surface area contributed by atoms with Gasteiger partial charge >= 0.3 is 0 Å². The molecule has 110 valence electrons. The zero-order valence-electron chi connectivity index (χ0n) is 12.3. The van der Waals surface area contributed by atoms with Crippen LogP contribution in [-0.2, 0) is 0 Å². The Morgan fingerprint density at radius 2 is 1.39 bits per heavy atom. The summed E-state index contributed by atoms with van der Waals surface area (Å²) in [7, 11) is 0. The van der Waals surface area contributed by atoms with Crippen LogP contribution in [0.25, 0.3) is 21.8 Å². The average molecular weight is 298 g/mol. The van der Waals surface area contributed by atoms with Crippen molar-refractivity contribution < 1.29 is 0 Å². The number of fused-ring (bicyclic) bond motifs is 2. The number of hydrogen-bond donors (Lipinski definition) is 1. The van der Waals surface area contributed by atoms with E-state index in [1.54, 1.807) is 18.7 Å². The van der Waals surface area contributed by atoms with Gasteiger partial charge in [-0.2, -0.15) is 0 Å². The van der Waals surface area contributed by atoms with E-state index in [-0.39, 0.29) is 0 Å². The number of para-hydroxylation sites is 2. The molecule has 2 aromatic heterocycles. The minimum absolute atomic E-state index is 0.837. The van der Waals surface area contributed by atoms with E-state index in [0.29, 0.717) is 0 Å². The van der Waals surface area contributed by atoms with Crippen molar-refractivity contribution in [2.45, 2.75) is 0 Å². The zero-order valence-corrected chi connectivity index (χ0v) is 12.3. The van der Waals surface area contributed by atoms with Crippen molar-refractivity contribution in [3.8, 4) is 0 Å². The topological polar surface area (TPSA) is 50.2 Å². The van der Waals surface area contributed by atoms with Crippen LogP contribution in [0.15, 0.2) is 78.0 Å². The Kier molecular flexibility index (Phi) is 3.41. The van der Waals surface area contributed by atoms with E-state index < -0.39 is 0 Å². The Morgan fingerprint density at radius 1 is 0.739 bits per heavy atom. The van der Waals surface area contributed by atoms with Gasteiger partial charge in [-0.05, 0) is 24.3 Å². The first-order valence-corrected chi connectivity index (χ1v) is 7.38. The molecular formula is C19H14N4. The van der Waals surface area contributed by atoms with Gasteiger partial charge in [-0.1, -0.05) is 36.4 Å². The Morgan fingerprint density at radius 3 is 2.22 bits per heavy atom. The second-order valence-corrected chi connectivity index (χ2v) is 5.14. The van der Waals surface area contributed by atoms with Crippen LogP contribution in [0, 0.1) is 0 Å². The Balaban J connectivity index is 1.66. The van der Waals surface area contributed by atoms with Gasteiger partial charge in [-0.3, -0.25) is 9.97 Å². The smallest absolute Gasteiger partial charge is 0.0959 e. The lowest BCUT2D eigenvalue weighted by molar-refractivity contribution is 1.39. The average Bonchev–Trinajstić information content (AvgIpc) is 2.62. The molecule has 23 heavy (non-hydrogen) atoms. The predicted molar refractivity (Wildman–Crippen MR) is 95.3 cm³/mol. The fourth-order valence-corrected chi connectivity index (χ4v) is 2.58. The third kappa shape index (κ3) is 2.62. The number of hydrogen-bond acceptors (Lipinski definition) is 3. The summed E-state index contributed by atoms with van der Waals surface area (Å²) in [4.78, 5) is 13.3. The number of anilines is 1. The van der Waals surface area contributed by atoms with Crippen LogP contribution in [0.2, 0.25) is 0 Å². The number of pyridine rings is 2. The van der Waals surface area contributed by atoms with E-state index in [9.17, 15) is 0 Å². The van der Waals surface area contributed by atoms with Gasteiger partial charge in [0.15, 0.2) is 0 Å². The van der Waals surface area contributed by atoms with Gasteiger partial charge in [-0.25, -0.2) is 4.99 Å². The number of rotatable bonds is 3. The van der Waals surface area contributed by atoms with Crippen LogP contribution >= 0.6 is 0 Å². The molecule has 0 fully saturated rings. The Bertz CT molecular complexity index is 997. The van der Waals surface area contributed by atoms with E-state index in [2.05, 4.69) is 20.3 Å². The molecule has 0 aliphatic rings. The molecule has 0 saturated heterocycles. The fraction of sp³-hybridized carbons (Fsp3) is 0. The zero-order chi connectivity index (χ0) is 15.5. The van der Waals surface area contributed by atoms with Crippen LogP contribution in [0.5, 0.6) is 0 Å². The molecule has 4 rings (SSSR count). The SMILES string of the molecule is C(=Nc1cccc2cccnc12)Nc1cccc2cccnc12. The molecule has 4 aromatic rings. The lowest BCUT2D eigenvalue weighted by Gasteiger charge is -2.05. The normalized spacial score (nSPS) is 11.3. The van der Waals surface area contributed by atoms with Crippen molar-refractivity contribution in [2.75, 3.05) is 5.32 Å². The van der Waals surface area contributed by atoms with Crippen LogP contribution < -0.4 is 5.32 Å². The van der Waals surface area contributed by atoms with Crippen molar-refractivity contribution >= 4 is 39.5 Å². The van der Waals surface area contributed by atoms with E-state index in [4.69, 9.17) is 0 Å². The first-order valence-electron chi connectivity index (χ1n) is 7.38. The molecule has 4 heteroatoms. The standard InChI is InChI=1S/C19H14N4/c1-5-14-7-3-11-20-18(14)16(9-1)22-13-23-17-10-2-6-15-8-4-12-21-19(15)17/h1-13H,(H,22,23). The third-order valence-corrected chi connectivity index (χ3v) is 3.67. The van der Waals surface area contributed by atoms with Crippen LogP contribution in [0.4, 0.5) is 11.4 Å². The molecule has 2 heterocycles. The van der Waals surface area contributed by atoms with Gasteiger partial charge < -0.3 is 5.32 Å². The molecule has 0 aliphatic heterocycles. The summed E-state index contributed by atoms with van der Waals surface area (Å²) in [5.41, 5.74) is 3.59. The van der Waals surface area contributed by atoms with Crippen LogP contribution in [0.1, 0.15) is 0 Å². The van der Waals surface area contributed by atoms with Crippen molar-refractivity contribution in [1.82, 2.24) is 9.97 Å². The molecule has 0 bridgehead atoms. The lowest BCUT2D eigenvalue weighted by Crippen LogP contribution is -1.96. The lowest BCUT2D eigenvalue weighted by atomic mass is 10.2. The first-order chi connectivity index (χ1) is 11.4. The van der Waals surface area contributed by atoms with Gasteiger partial charge in [0.2, 0.25) is 0 Å². The van der Waals surface area contributed by atoms with Gasteiger partial charge in [0, 0.05) is 23.2 Å². The highest BCUT2D eigenvalue weighted by atomic mass is 15.0. The fourth-order valence-electron chi connectivity index (χ4n) is 2.58. The number of aromatic nitrogens is 2. The first kappa shape index (κ1) is 13.4.